The third kappa shape index (κ3) is 2.11. The summed E-state index contributed by atoms with van der Waals surface area (Å²) in [5, 5.41) is 12.6. The molecule has 1 aliphatic rings. The first-order valence-electron chi connectivity index (χ1n) is 4.86. The highest BCUT2D eigenvalue weighted by molar-refractivity contribution is 5.93. The van der Waals surface area contributed by atoms with Crippen LogP contribution in [-0.4, -0.2) is 35.2 Å². The predicted molar refractivity (Wildman–Crippen MR) is 51.9 cm³/mol. The average molecular weight is 194 g/mol. The molecular weight excluding hydrogens is 180 g/mol. The molecular formula is C9H14N4O. The second kappa shape index (κ2) is 4.23. The number of hydrogen-bond donors (Lipinski definition) is 3. The Balaban J connectivity index is 1.87. The first-order chi connectivity index (χ1) is 6.86. The third-order valence-corrected chi connectivity index (χ3v) is 2.39. The normalized spacial score (nSPS) is 21.9. The van der Waals surface area contributed by atoms with Gasteiger partial charge in [-0.05, 0) is 19.4 Å². The van der Waals surface area contributed by atoms with Crippen molar-refractivity contribution in [3.63, 3.8) is 0 Å². The summed E-state index contributed by atoms with van der Waals surface area (Å²) in [6.07, 6.45) is 5.31. The lowest BCUT2D eigenvalue weighted by molar-refractivity contribution is 0.0931. The maximum atomic E-state index is 11.6. The highest BCUT2D eigenvalue weighted by atomic mass is 16.1. The van der Waals surface area contributed by atoms with E-state index in [1.165, 1.54) is 6.20 Å². The molecule has 1 aromatic rings. The van der Waals surface area contributed by atoms with Gasteiger partial charge in [-0.2, -0.15) is 5.10 Å². The van der Waals surface area contributed by atoms with E-state index in [-0.39, 0.29) is 11.9 Å². The zero-order valence-electron chi connectivity index (χ0n) is 7.92. The summed E-state index contributed by atoms with van der Waals surface area (Å²) in [4.78, 5) is 11.6. The molecule has 14 heavy (non-hydrogen) atoms. The van der Waals surface area contributed by atoms with Gasteiger partial charge in [0.2, 0.25) is 0 Å². The van der Waals surface area contributed by atoms with Crippen molar-refractivity contribution < 1.29 is 4.79 Å². The van der Waals surface area contributed by atoms with Gasteiger partial charge in [0.1, 0.15) is 0 Å². The summed E-state index contributed by atoms with van der Waals surface area (Å²) in [5.74, 6) is -0.0487. The van der Waals surface area contributed by atoms with Crippen LogP contribution in [0.5, 0.6) is 0 Å². The van der Waals surface area contributed by atoms with Crippen LogP contribution in [0.3, 0.4) is 0 Å². The largest absolute Gasteiger partial charge is 0.348 e. The van der Waals surface area contributed by atoms with E-state index in [1.54, 1.807) is 6.20 Å². The van der Waals surface area contributed by atoms with E-state index in [0.717, 1.165) is 25.9 Å². The Labute approximate surface area is 82.3 Å². The molecule has 0 aliphatic carbocycles. The molecule has 0 saturated carbocycles. The van der Waals surface area contributed by atoms with Gasteiger partial charge in [0, 0.05) is 18.8 Å². The molecule has 1 fully saturated rings. The molecule has 1 amide bonds. The average Bonchev–Trinajstić information content (AvgIpc) is 2.72. The van der Waals surface area contributed by atoms with Crippen molar-refractivity contribution in [1.29, 1.82) is 0 Å². The summed E-state index contributed by atoms with van der Waals surface area (Å²) in [5.41, 5.74) is 0.593. The lowest BCUT2D eigenvalue weighted by Gasteiger charge is -2.23. The number of piperidine rings is 1. The van der Waals surface area contributed by atoms with Crippen molar-refractivity contribution in [3.05, 3.63) is 18.0 Å². The van der Waals surface area contributed by atoms with Crippen LogP contribution >= 0.6 is 0 Å². The fourth-order valence-electron chi connectivity index (χ4n) is 1.62. The molecule has 0 radical (unpaired) electrons. The quantitative estimate of drug-likeness (QED) is 0.615. The first-order valence-corrected chi connectivity index (χ1v) is 4.86. The van der Waals surface area contributed by atoms with E-state index in [1.807, 2.05) is 0 Å². The zero-order valence-corrected chi connectivity index (χ0v) is 7.92. The zero-order chi connectivity index (χ0) is 9.80. The van der Waals surface area contributed by atoms with Crippen LogP contribution in [0, 0.1) is 0 Å². The fraction of sp³-hybridized carbons (Fsp3) is 0.556. The molecule has 2 heterocycles. The monoisotopic (exact) mass is 194 g/mol. The fourth-order valence-corrected chi connectivity index (χ4v) is 1.62. The number of hydrogen-bond acceptors (Lipinski definition) is 3. The van der Waals surface area contributed by atoms with Crippen molar-refractivity contribution >= 4 is 5.91 Å². The highest BCUT2D eigenvalue weighted by Gasteiger charge is 2.16. The topological polar surface area (TPSA) is 69.8 Å². The molecule has 0 bridgehead atoms. The van der Waals surface area contributed by atoms with Crippen molar-refractivity contribution in [2.24, 2.45) is 0 Å². The molecule has 1 saturated heterocycles. The Hall–Kier alpha value is -1.36. The Kier molecular flexibility index (Phi) is 2.78. The number of carbonyl (C=O) groups is 1. The molecule has 3 N–H and O–H groups in total. The van der Waals surface area contributed by atoms with Crippen LogP contribution in [-0.2, 0) is 0 Å². The minimum atomic E-state index is -0.0487. The standard InChI is InChI=1S/C9H14N4O/c14-9(7-4-11-12-5-7)13-8-2-1-3-10-6-8/h4-5,8,10H,1-3,6H2,(H,11,12)(H,13,14). The lowest BCUT2D eigenvalue weighted by atomic mass is 10.1. The van der Waals surface area contributed by atoms with E-state index in [9.17, 15) is 4.79 Å². The van der Waals surface area contributed by atoms with Crippen LogP contribution < -0.4 is 10.6 Å². The molecule has 5 nitrogen and oxygen atoms in total. The molecule has 0 spiro atoms. The Morgan fingerprint density at radius 2 is 2.57 bits per heavy atom. The van der Waals surface area contributed by atoms with Gasteiger partial charge >= 0.3 is 0 Å². The van der Waals surface area contributed by atoms with Crippen LogP contribution in [0.2, 0.25) is 0 Å². The van der Waals surface area contributed by atoms with E-state index < -0.39 is 0 Å². The van der Waals surface area contributed by atoms with E-state index in [2.05, 4.69) is 20.8 Å². The van der Waals surface area contributed by atoms with Gasteiger partial charge < -0.3 is 10.6 Å². The van der Waals surface area contributed by atoms with E-state index in [4.69, 9.17) is 0 Å². The first kappa shape index (κ1) is 9.21. The maximum Gasteiger partial charge on any atom is 0.254 e. The number of nitrogens with zero attached hydrogens (tertiary/aromatic N) is 1. The number of carbonyl (C=O) groups excluding carboxylic acids is 1. The highest BCUT2D eigenvalue weighted by Crippen LogP contribution is 2.02. The number of H-pyrrole nitrogens is 1. The summed E-state index contributed by atoms with van der Waals surface area (Å²) < 4.78 is 0. The molecule has 1 aliphatic heterocycles. The van der Waals surface area contributed by atoms with Gasteiger partial charge in [0.05, 0.1) is 11.8 Å². The second-order valence-electron chi connectivity index (χ2n) is 3.50. The van der Waals surface area contributed by atoms with Gasteiger partial charge in [-0.15, -0.1) is 0 Å². The minimum absolute atomic E-state index is 0.0487. The van der Waals surface area contributed by atoms with Gasteiger partial charge in [-0.25, -0.2) is 0 Å². The molecule has 2 rings (SSSR count). The van der Waals surface area contributed by atoms with Gasteiger partial charge in [-0.3, -0.25) is 9.89 Å². The van der Waals surface area contributed by atoms with Gasteiger partial charge in [0.15, 0.2) is 0 Å². The van der Waals surface area contributed by atoms with Crippen LogP contribution in [0.15, 0.2) is 12.4 Å². The molecule has 0 aromatic carbocycles. The maximum absolute atomic E-state index is 11.6. The number of aromatic amines is 1. The molecule has 5 heteroatoms. The van der Waals surface area contributed by atoms with Gasteiger partial charge in [0.25, 0.3) is 5.91 Å². The summed E-state index contributed by atoms with van der Waals surface area (Å²) in [6, 6.07) is 0.256. The van der Waals surface area contributed by atoms with Crippen LogP contribution in [0.1, 0.15) is 23.2 Å². The number of amides is 1. The van der Waals surface area contributed by atoms with Crippen LogP contribution in [0.25, 0.3) is 0 Å². The Bertz CT molecular complexity index is 290. The molecule has 1 unspecified atom stereocenters. The lowest BCUT2D eigenvalue weighted by Crippen LogP contribution is -2.45. The van der Waals surface area contributed by atoms with Crippen molar-refractivity contribution in [2.45, 2.75) is 18.9 Å². The minimum Gasteiger partial charge on any atom is -0.348 e. The van der Waals surface area contributed by atoms with E-state index in [0.29, 0.717) is 5.56 Å². The summed E-state index contributed by atoms with van der Waals surface area (Å²) in [6.45, 7) is 1.92. The molecule has 1 aromatic heterocycles. The predicted octanol–water partition coefficient (Wildman–Crippen LogP) is -0.108. The number of aromatic nitrogens is 2. The Morgan fingerprint density at radius 3 is 3.21 bits per heavy atom. The summed E-state index contributed by atoms with van der Waals surface area (Å²) in [7, 11) is 0. The second-order valence-corrected chi connectivity index (χ2v) is 3.50. The van der Waals surface area contributed by atoms with Crippen molar-refractivity contribution in [1.82, 2.24) is 20.8 Å². The smallest absolute Gasteiger partial charge is 0.254 e. The molecule has 76 valence electrons. The number of rotatable bonds is 2. The summed E-state index contributed by atoms with van der Waals surface area (Å²) >= 11 is 0. The van der Waals surface area contributed by atoms with Crippen LogP contribution in [0.4, 0.5) is 0 Å². The van der Waals surface area contributed by atoms with Gasteiger partial charge in [-0.1, -0.05) is 0 Å². The van der Waals surface area contributed by atoms with Crippen molar-refractivity contribution in [2.75, 3.05) is 13.1 Å². The number of nitrogens with one attached hydrogen (secondary N) is 3. The Morgan fingerprint density at radius 1 is 1.64 bits per heavy atom. The van der Waals surface area contributed by atoms with Crippen molar-refractivity contribution in [3.8, 4) is 0 Å². The third-order valence-electron chi connectivity index (χ3n) is 2.39. The molecule has 1 atom stereocenters. The van der Waals surface area contributed by atoms with E-state index >= 15 is 0 Å². The SMILES string of the molecule is O=C(NC1CCCNC1)c1cn[nH]c1.